The average Bonchev–Trinajstić information content (AvgIpc) is 3.23. The maximum atomic E-state index is 13.2. The number of nitrogens with zero attached hydrogens (tertiary/aromatic N) is 3. The van der Waals surface area contributed by atoms with Crippen LogP contribution in [0.15, 0.2) is 72.8 Å². The van der Waals surface area contributed by atoms with Crippen LogP contribution >= 0.6 is 0 Å². The van der Waals surface area contributed by atoms with Gasteiger partial charge in [0, 0.05) is 16.8 Å². The highest BCUT2D eigenvalue weighted by Gasteiger charge is 2.17. The van der Waals surface area contributed by atoms with Gasteiger partial charge >= 0.3 is 6.01 Å². The van der Waals surface area contributed by atoms with Crippen molar-refractivity contribution >= 4 is 11.6 Å². The highest BCUT2D eigenvalue weighted by atomic mass is 19.1. The summed E-state index contributed by atoms with van der Waals surface area (Å²) in [5.74, 6) is 0.266. The smallest absolute Gasteiger partial charge is 0.336 e. The standard InChI is InChI=1S/C26H25FN4O2/c1-17(2)16-33-26-29-24(23-10-5-4-7-18(23)3)31(30-26)22-9-6-8-21(15-22)28-25(32)19-11-13-20(27)14-12-19/h4-15,17H,16H2,1-3H3,(H,28,32). The SMILES string of the molecule is Cc1ccccc1-c1nc(OCC(C)C)nn1-c1cccc(NC(=O)c2ccc(F)cc2)c1. The molecule has 1 amide bonds. The van der Waals surface area contributed by atoms with Crippen LogP contribution in [0.25, 0.3) is 17.1 Å². The number of hydrogen-bond acceptors (Lipinski definition) is 4. The van der Waals surface area contributed by atoms with E-state index >= 15 is 0 Å². The normalized spacial score (nSPS) is 10.9. The van der Waals surface area contributed by atoms with E-state index in [9.17, 15) is 9.18 Å². The van der Waals surface area contributed by atoms with Crippen molar-refractivity contribution < 1.29 is 13.9 Å². The van der Waals surface area contributed by atoms with Crippen molar-refractivity contribution in [3.8, 4) is 23.1 Å². The van der Waals surface area contributed by atoms with Gasteiger partial charge in [0.05, 0.1) is 12.3 Å². The molecule has 0 aliphatic carbocycles. The van der Waals surface area contributed by atoms with E-state index in [0.717, 1.165) is 16.8 Å². The first-order chi connectivity index (χ1) is 15.9. The molecule has 168 valence electrons. The zero-order valence-electron chi connectivity index (χ0n) is 18.7. The van der Waals surface area contributed by atoms with E-state index in [4.69, 9.17) is 4.74 Å². The van der Waals surface area contributed by atoms with Crippen LogP contribution in [0.5, 0.6) is 6.01 Å². The number of ether oxygens (including phenoxy) is 1. The van der Waals surface area contributed by atoms with Gasteiger partial charge in [0.1, 0.15) is 5.82 Å². The maximum Gasteiger partial charge on any atom is 0.336 e. The highest BCUT2D eigenvalue weighted by molar-refractivity contribution is 6.04. The van der Waals surface area contributed by atoms with Gasteiger partial charge in [-0.2, -0.15) is 4.98 Å². The molecular formula is C26H25FN4O2. The van der Waals surface area contributed by atoms with Crippen LogP contribution < -0.4 is 10.1 Å². The van der Waals surface area contributed by atoms with E-state index in [2.05, 4.69) is 29.2 Å². The monoisotopic (exact) mass is 444 g/mol. The molecule has 7 heteroatoms. The average molecular weight is 445 g/mol. The minimum Gasteiger partial charge on any atom is -0.462 e. The first-order valence-electron chi connectivity index (χ1n) is 10.7. The summed E-state index contributed by atoms with van der Waals surface area (Å²) in [4.78, 5) is 17.2. The molecule has 0 aliphatic heterocycles. The van der Waals surface area contributed by atoms with Crippen molar-refractivity contribution in [2.24, 2.45) is 5.92 Å². The maximum absolute atomic E-state index is 13.2. The first-order valence-corrected chi connectivity index (χ1v) is 10.7. The highest BCUT2D eigenvalue weighted by Crippen LogP contribution is 2.27. The Bertz CT molecular complexity index is 1270. The number of benzene rings is 3. The van der Waals surface area contributed by atoms with Crippen LogP contribution in [0.3, 0.4) is 0 Å². The molecule has 1 N–H and O–H groups in total. The van der Waals surface area contributed by atoms with Crippen molar-refractivity contribution in [1.29, 1.82) is 0 Å². The molecular weight excluding hydrogens is 419 g/mol. The minimum atomic E-state index is -0.390. The van der Waals surface area contributed by atoms with Crippen LogP contribution in [0.1, 0.15) is 29.8 Å². The van der Waals surface area contributed by atoms with Gasteiger partial charge < -0.3 is 10.1 Å². The number of halogens is 1. The van der Waals surface area contributed by atoms with Gasteiger partial charge in [-0.15, -0.1) is 5.10 Å². The number of aryl methyl sites for hydroxylation is 1. The summed E-state index contributed by atoms with van der Waals surface area (Å²) < 4.78 is 20.7. The fraction of sp³-hybridized carbons (Fsp3) is 0.192. The van der Waals surface area contributed by atoms with Gasteiger partial charge in [-0.1, -0.05) is 44.2 Å². The lowest BCUT2D eigenvalue weighted by Crippen LogP contribution is -2.12. The number of hydrogen-bond donors (Lipinski definition) is 1. The number of anilines is 1. The van der Waals surface area contributed by atoms with Gasteiger partial charge in [-0.3, -0.25) is 4.79 Å². The molecule has 0 fully saturated rings. The number of rotatable bonds is 7. The van der Waals surface area contributed by atoms with E-state index in [-0.39, 0.29) is 11.7 Å². The Morgan fingerprint density at radius 3 is 2.55 bits per heavy atom. The minimum absolute atomic E-state index is 0.294. The Hall–Kier alpha value is -4.00. The largest absolute Gasteiger partial charge is 0.462 e. The molecule has 4 aromatic rings. The molecule has 0 radical (unpaired) electrons. The summed E-state index contributed by atoms with van der Waals surface area (Å²) in [6.45, 7) is 6.65. The fourth-order valence-electron chi connectivity index (χ4n) is 3.29. The third-order valence-corrected chi connectivity index (χ3v) is 4.97. The lowest BCUT2D eigenvalue weighted by Gasteiger charge is -2.10. The molecule has 33 heavy (non-hydrogen) atoms. The van der Waals surface area contributed by atoms with Crippen LogP contribution in [0, 0.1) is 18.7 Å². The fourth-order valence-corrected chi connectivity index (χ4v) is 3.29. The van der Waals surface area contributed by atoms with E-state index in [1.54, 1.807) is 10.7 Å². The summed E-state index contributed by atoms with van der Waals surface area (Å²) >= 11 is 0. The molecule has 0 aliphatic rings. The van der Waals surface area contributed by atoms with Gasteiger partial charge in [0.15, 0.2) is 5.82 Å². The summed E-state index contributed by atoms with van der Waals surface area (Å²) in [6, 6.07) is 20.9. The van der Waals surface area contributed by atoms with Gasteiger partial charge in [-0.05, 0) is 60.9 Å². The van der Waals surface area contributed by atoms with Crippen molar-refractivity contribution in [2.75, 3.05) is 11.9 Å². The van der Waals surface area contributed by atoms with Crippen LogP contribution in [-0.2, 0) is 0 Å². The second kappa shape index (κ2) is 9.65. The van der Waals surface area contributed by atoms with Crippen LogP contribution in [0.4, 0.5) is 10.1 Å². The molecule has 1 heterocycles. The Morgan fingerprint density at radius 1 is 1.06 bits per heavy atom. The van der Waals surface area contributed by atoms with Crippen LogP contribution in [0.2, 0.25) is 0 Å². The van der Waals surface area contributed by atoms with Crippen LogP contribution in [-0.4, -0.2) is 27.3 Å². The second-order valence-corrected chi connectivity index (χ2v) is 8.16. The van der Waals surface area contributed by atoms with E-state index in [1.807, 2.05) is 49.4 Å². The van der Waals surface area contributed by atoms with E-state index in [0.29, 0.717) is 35.6 Å². The third-order valence-electron chi connectivity index (χ3n) is 4.97. The molecule has 0 spiro atoms. The molecule has 0 bridgehead atoms. The first kappa shape index (κ1) is 22.2. The quantitative estimate of drug-likeness (QED) is 0.399. The lowest BCUT2D eigenvalue weighted by atomic mass is 10.1. The molecule has 1 aromatic heterocycles. The number of carbonyl (C=O) groups excluding carboxylic acids is 1. The zero-order valence-corrected chi connectivity index (χ0v) is 18.7. The predicted octanol–water partition coefficient (Wildman–Crippen LogP) is 5.67. The molecule has 6 nitrogen and oxygen atoms in total. The lowest BCUT2D eigenvalue weighted by molar-refractivity contribution is 0.102. The summed E-state index contributed by atoms with van der Waals surface area (Å²) in [7, 11) is 0. The zero-order chi connectivity index (χ0) is 23.4. The number of amides is 1. The van der Waals surface area contributed by atoms with Gasteiger partial charge in [0.2, 0.25) is 0 Å². The molecule has 3 aromatic carbocycles. The second-order valence-electron chi connectivity index (χ2n) is 8.16. The van der Waals surface area contributed by atoms with E-state index < -0.39 is 0 Å². The predicted molar refractivity (Wildman–Crippen MR) is 126 cm³/mol. The Morgan fingerprint density at radius 2 is 1.82 bits per heavy atom. The molecule has 4 rings (SSSR count). The molecule has 0 saturated carbocycles. The molecule has 0 saturated heterocycles. The van der Waals surface area contributed by atoms with Crippen molar-refractivity contribution in [3.05, 3.63) is 89.7 Å². The van der Waals surface area contributed by atoms with Crippen molar-refractivity contribution in [3.63, 3.8) is 0 Å². The van der Waals surface area contributed by atoms with Gasteiger partial charge in [-0.25, -0.2) is 9.07 Å². The van der Waals surface area contributed by atoms with Gasteiger partial charge in [0.25, 0.3) is 5.91 Å². The third kappa shape index (κ3) is 5.26. The Balaban J connectivity index is 1.68. The number of nitrogens with one attached hydrogen (secondary N) is 1. The van der Waals surface area contributed by atoms with E-state index in [1.165, 1.54) is 24.3 Å². The van der Waals surface area contributed by atoms with Crippen molar-refractivity contribution in [1.82, 2.24) is 14.8 Å². The summed E-state index contributed by atoms with van der Waals surface area (Å²) in [6.07, 6.45) is 0. The number of aromatic nitrogens is 3. The summed E-state index contributed by atoms with van der Waals surface area (Å²) in [5.41, 5.74) is 3.66. The molecule has 0 unspecified atom stereocenters. The topological polar surface area (TPSA) is 69.0 Å². The Kier molecular flexibility index (Phi) is 6.49. The molecule has 0 atom stereocenters. The Labute approximate surface area is 192 Å². The summed E-state index contributed by atoms with van der Waals surface area (Å²) in [5, 5.41) is 7.44. The number of carbonyl (C=O) groups is 1. The van der Waals surface area contributed by atoms with Crippen molar-refractivity contribution in [2.45, 2.75) is 20.8 Å².